The Labute approximate surface area is 148 Å². The van der Waals surface area contributed by atoms with Gasteiger partial charge in [0.25, 0.3) is 0 Å². The van der Waals surface area contributed by atoms with Gasteiger partial charge in [0.15, 0.2) is 5.75 Å². The van der Waals surface area contributed by atoms with Crippen molar-refractivity contribution in [1.29, 1.82) is 0 Å². The molecule has 26 heavy (non-hydrogen) atoms. The maximum absolute atomic E-state index is 13.3. The maximum Gasteiger partial charge on any atom is 0.223 e. The molecule has 6 heteroatoms. The lowest BCUT2D eigenvalue weighted by Gasteiger charge is -2.07. The van der Waals surface area contributed by atoms with E-state index in [0.29, 0.717) is 22.8 Å². The lowest BCUT2D eigenvalue weighted by atomic mass is 10.1. The minimum Gasteiger partial charge on any atom is -0.503 e. The van der Waals surface area contributed by atoms with Crippen molar-refractivity contribution in [2.75, 3.05) is 0 Å². The third-order valence-electron chi connectivity index (χ3n) is 4.02. The van der Waals surface area contributed by atoms with E-state index in [-0.39, 0.29) is 11.6 Å². The minimum atomic E-state index is -0.494. The van der Waals surface area contributed by atoms with E-state index in [1.807, 2.05) is 36.4 Å². The molecule has 0 saturated heterocycles. The molecule has 2 heterocycles. The summed E-state index contributed by atoms with van der Waals surface area (Å²) in [5.41, 5.74) is 2.89. The Bertz CT molecular complexity index is 1120. The van der Waals surface area contributed by atoms with E-state index >= 15 is 0 Å². The molecule has 0 amide bonds. The summed E-state index contributed by atoms with van der Waals surface area (Å²) in [6.45, 7) is 0. The molecule has 0 radical (unpaired) electrons. The van der Waals surface area contributed by atoms with Gasteiger partial charge in [-0.2, -0.15) is 5.10 Å². The Morgan fingerprint density at radius 2 is 1.73 bits per heavy atom. The molecule has 0 bridgehead atoms. The molecule has 0 aliphatic carbocycles. The fourth-order valence-electron chi connectivity index (χ4n) is 2.71. The third-order valence-corrected chi connectivity index (χ3v) is 4.02. The largest absolute Gasteiger partial charge is 0.503 e. The molecule has 0 spiro atoms. The maximum atomic E-state index is 13.3. The van der Waals surface area contributed by atoms with Gasteiger partial charge in [-0.15, -0.1) is 0 Å². The van der Waals surface area contributed by atoms with Crippen molar-refractivity contribution in [2.24, 2.45) is 0 Å². The first-order valence-electron chi connectivity index (χ1n) is 7.95. The summed E-state index contributed by atoms with van der Waals surface area (Å²) in [7, 11) is 0. The molecular weight excluding hydrogens is 333 g/mol. The first kappa shape index (κ1) is 15.8. The van der Waals surface area contributed by atoms with Gasteiger partial charge in [-0.25, -0.2) is 9.07 Å². The topological polar surface area (TPSA) is 70.9 Å². The summed E-state index contributed by atoms with van der Waals surface area (Å²) < 4.78 is 14.9. The SMILES string of the molecule is O=c1cc(-c2cc(-c3ccccc3)nn2-c2ccc(F)cc2)[nH]cc1O. The number of nitrogens with zero attached hydrogens (tertiary/aromatic N) is 2. The van der Waals surface area contributed by atoms with E-state index < -0.39 is 5.43 Å². The van der Waals surface area contributed by atoms with Gasteiger partial charge in [-0.1, -0.05) is 30.3 Å². The molecule has 4 rings (SSSR count). The average molecular weight is 347 g/mol. The second-order valence-corrected chi connectivity index (χ2v) is 5.77. The monoisotopic (exact) mass is 347 g/mol. The first-order chi connectivity index (χ1) is 12.6. The number of aromatic nitrogens is 3. The fourth-order valence-corrected chi connectivity index (χ4v) is 2.71. The fraction of sp³-hybridized carbons (Fsp3) is 0. The average Bonchev–Trinajstić information content (AvgIpc) is 3.11. The molecule has 5 nitrogen and oxygen atoms in total. The molecule has 0 unspecified atom stereocenters. The number of H-pyrrole nitrogens is 1. The highest BCUT2D eigenvalue weighted by Crippen LogP contribution is 2.27. The second-order valence-electron chi connectivity index (χ2n) is 5.77. The van der Waals surface area contributed by atoms with Crippen LogP contribution in [0.5, 0.6) is 5.75 Å². The van der Waals surface area contributed by atoms with Crippen molar-refractivity contribution < 1.29 is 9.50 Å². The predicted molar refractivity (Wildman–Crippen MR) is 96.7 cm³/mol. The van der Waals surface area contributed by atoms with Crippen LogP contribution in [-0.4, -0.2) is 19.9 Å². The number of aromatic hydroxyl groups is 1. The van der Waals surface area contributed by atoms with Gasteiger partial charge in [-0.05, 0) is 30.3 Å². The Balaban J connectivity index is 1.93. The number of rotatable bonds is 3. The standard InChI is InChI=1S/C20H14FN3O2/c21-14-6-8-15(9-7-14)24-18(17-11-19(25)20(26)12-22-17)10-16(23-24)13-4-2-1-3-5-13/h1-12,26H,(H,22,25). The summed E-state index contributed by atoms with van der Waals surface area (Å²) in [5.74, 6) is -0.700. The molecule has 2 aromatic heterocycles. The number of halogens is 1. The van der Waals surface area contributed by atoms with Crippen molar-refractivity contribution in [3.63, 3.8) is 0 Å². The van der Waals surface area contributed by atoms with Crippen molar-refractivity contribution >= 4 is 0 Å². The van der Waals surface area contributed by atoms with Gasteiger partial charge in [0.1, 0.15) is 5.82 Å². The lowest BCUT2D eigenvalue weighted by molar-refractivity contribution is 0.467. The van der Waals surface area contributed by atoms with Crippen LogP contribution in [0.4, 0.5) is 4.39 Å². The summed E-state index contributed by atoms with van der Waals surface area (Å²) in [6, 6.07) is 18.7. The lowest BCUT2D eigenvalue weighted by Crippen LogP contribution is -2.04. The van der Waals surface area contributed by atoms with Crippen LogP contribution < -0.4 is 5.43 Å². The zero-order chi connectivity index (χ0) is 18.1. The Hall–Kier alpha value is -3.67. The van der Waals surface area contributed by atoms with Gasteiger partial charge in [0, 0.05) is 17.8 Å². The number of hydrogen-bond donors (Lipinski definition) is 2. The van der Waals surface area contributed by atoms with Gasteiger partial charge < -0.3 is 10.1 Å². The van der Waals surface area contributed by atoms with Gasteiger partial charge >= 0.3 is 0 Å². The highest BCUT2D eigenvalue weighted by Gasteiger charge is 2.14. The summed E-state index contributed by atoms with van der Waals surface area (Å²) in [6.07, 6.45) is 1.24. The molecular formula is C20H14FN3O2. The highest BCUT2D eigenvalue weighted by atomic mass is 19.1. The highest BCUT2D eigenvalue weighted by molar-refractivity contribution is 5.68. The van der Waals surface area contributed by atoms with Crippen LogP contribution in [-0.2, 0) is 0 Å². The van der Waals surface area contributed by atoms with Crippen LogP contribution in [0.25, 0.3) is 28.3 Å². The van der Waals surface area contributed by atoms with E-state index in [1.165, 1.54) is 24.4 Å². The molecule has 0 aliphatic heterocycles. The minimum absolute atomic E-state index is 0.344. The molecule has 2 N–H and O–H groups in total. The molecule has 4 aromatic rings. The Kier molecular flexibility index (Phi) is 3.85. The third kappa shape index (κ3) is 2.88. The van der Waals surface area contributed by atoms with Gasteiger partial charge in [0.2, 0.25) is 5.43 Å². The van der Waals surface area contributed by atoms with Crippen LogP contribution in [0.15, 0.2) is 77.7 Å². The summed E-state index contributed by atoms with van der Waals surface area (Å²) >= 11 is 0. The number of nitrogens with one attached hydrogen (secondary N) is 1. The van der Waals surface area contributed by atoms with E-state index in [0.717, 1.165) is 5.56 Å². The van der Waals surface area contributed by atoms with Crippen molar-refractivity contribution in [3.05, 3.63) is 89.0 Å². The van der Waals surface area contributed by atoms with Crippen LogP contribution in [0.1, 0.15) is 0 Å². The molecule has 0 saturated carbocycles. The Morgan fingerprint density at radius 3 is 2.42 bits per heavy atom. The van der Waals surface area contributed by atoms with E-state index in [1.54, 1.807) is 16.8 Å². The Morgan fingerprint density at radius 1 is 1.00 bits per heavy atom. The second kappa shape index (κ2) is 6.33. The summed E-state index contributed by atoms with van der Waals surface area (Å²) in [5, 5.41) is 14.1. The number of benzene rings is 2. The molecule has 128 valence electrons. The number of pyridine rings is 1. The van der Waals surface area contributed by atoms with E-state index in [2.05, 4.69) is 10.1 Å². The number of aromatic amines is 1. The predicted octanol–water partition coefficient (Wildman–Crippen LogP) is 3.74. The van der Waals surface area contributed by atoms with Crippen molar-refractivity contribution in [2.45, 2.75) is 0 Å². The van der Waals surface area contributed by atoms with E-state index in [4.69, 9.17) is 0 Å². The van der Waals surface area contributed by atoms with E-state index in [9.17, 15) is 14.3 Å². The normalized spacial score (nSPS) is 10.8. The zero-order valence-corrected chi connectivity index (χ0v) is 13.6. The van der Waals surface area contributed by atoms with Gasteiger partial charge in [-0.3, -0.25) is 4.79 Å². The van der Waals surface area contributed by atoms with Crippen molar-refractivity contribution in [1.82, 2.24) is 14.8 Å². The molecule has 2 aromatic carbocycles. The zero-order valence-electron chi connectivity index (χ0n) is 13.6. The van der Waals surface area contributed by atoms with Gasteiger partial charge in [0.05, 0.1) is 22.8 Å². The molecule has 0 fully saturated rings. The first-order valence-corrected chi connectivity index (χ1v) is 7.95. The number of hydrogen-bond acceptors (Lipinski definition) is 3. The van der Waals surface area contributed by atoms with Crippen molar-refractivity contribution in [3.8, 4) is 34.1 Å². The molecule has 0 aliphatic rings. The van der Waals surface area contributed by atoms with Crippen LogP contribution in [0.3, 0.4) is 0 Å². The van der Waals surface area contributed by atoms with Crippen LogP contribution in [0.2, 0.25) is 0 Å². The van der Waals surface area contributed by atoms with Crippen LogP contribution >= 0.6 is 0 Å². The smallest absolute Gasteiger partial charge is 0.223 e. The molecule has 0 atom stereocenters. The quantitative estimate of drug-likeness (QED) is 0.593. The van der Waals surface area contributed by atoms with Crippen LogP contribution in [0, 0.1) is 5.82 Å². The summed E-state index contributed by atoms with van der Waals surface area (Å²) in [4.78, 5) is 14.7.